The summed E-state index contributed by atoms with van der Waals surface area (Å²) in [6, 6.07) is 3.16. The Bertz CT molecular complexity index is 625. The zero-order valence-corrected chi connectivity index (χ0v) is 13.3. The number of rotatable bonds is 5. The molecule has 1 aromatic carbocycles. The van der Waals surface area contributed by atoms with Crippen LogP contribution in [0, 0.1) is 20.8 Å². The van der Waals surface area contributed by atoms with E-state index in [0.29, 0.717) is 11.1 Å². The van der Waals surface area contributed by atoms with Gasteiger partial charge in [-0.15, -0.1) is 0 Å². The van der Waals surface area contributed by atoms with Crippen molar-refractivity contribution in [3.05, 3.63) is 40.1 Å². The second kappa shape index (κ2) is 7.30. The average Bonchev–Trinajstić information content (AvgIpc) is 2.39. The van der Waals surface area contributed by atoms with Crippen LogP contribution in [-0.4, -0.2) is 25.2 Å². The van der Waals surface area contributed by atoms with Crippen molar-refractivity contribution in [2.75, 3.05) is 6.61 Å². The molecule has 0 aromatic heterocycles. The summed E-state index contributed by atoms with van der Waals surface area (Å²) >= 11 is 0. The Labute approximate surface area is 132 Å². The zero-order valence-electron chi connectivity index (χ0n) is 13.3. The maximum atomic E-state index is 13.6. The van der Waals surface area contributed by atoms with Crippen molar-refractivity contribution >= 4 is 18.0 Å². The Morgan fingerprint density at radius 1 is 1.22 bits per heavy atom. The second-order valence-electron chi connectivity index (χ2n) is 5.00. The number of ether oxygens (including phenoxy) is 1. The number of alkyl halides is 3. The minimum Gasteiger partial charge on any atom is -0.461 e. The predicted octanol–water partition coefficient (Wildman–Crippen LogP) is 3.19. The lowest BCUT2D eigenvalue weighted by molar-refractivity contribution is -0.140. The van der Waals surface area contributed by atoms with Gasteiger partial charge in [0.05, 0.1) is 12.2 Å². The van der Waals surface area contributed by atoms with Gasteiger partial charge in [0.25, 0.3) is 0 Å². The Morgan fingerprint density at radius 3 is 2.13 bits per heavy atom. The van der Waals surface area contributed by atoms with Crippen molar-refractivity contribution in [3.63, 3.8) is 0 Å². The molecule has 0 heterocycles. The first-order valence-corrected chi connectivity index (χ1v) is 6.90. The van der Waals surface area contributed by atoms with Crippen LogP contribution in [0.15, 0.2) is 17.8 Å². The molecule has 0 bridgehead atoms. The lowest BCUT2D eigenvalue weighted by atomic mass is 9.92. The number of aryl methyl sites for hydroxylation is 3. The molecule has 0 unspecified atom stereocenters. The van der Waals surface area contributed by atoms with Crippen LogP contribution in [0.25, 0.3) is 5.57 Å². The summed E-state index contributed by atoms with van der Waals surface area (Å²) in [4.78, 5) is 22.6. The molecule has 0 aliphatic rings. The molecule has 0 saturated carbocycles. The van der Waals surface area contributed by atoms with Crippen LogP contribution in [0.2, 0.25) is 0 Å². The van der Waals surface area contributed by atoms with Crippen molar-refractivity contribution in [2.24, 2.45) is 0 Å². The Balaban J connectivity index is 3.78. The Hall–Kier alpha value is -2.31. The predicted molar refractivity (Wildman–Crippen MR) is 79.5 cm³/mol. The topological polar surface area (TPSA) is 55.4 Å². The van der Waals surface area contributed by atoms with Crippen molar-refractivity contribution in [1.29, 1.82) is 0 Å². The van der Waals surface area contributed by atoms with Crippen LogP contribution in [0.3, 0.4) is 0 Å². The highest BCUT2D eigenvalue weighted by Gasteiger charge is 2.41. The molecule has 7 heteroatoms. The molecule has 1 N–H and O–H groups in total. The monoisotopic (exact) mass is 329 g/mol. The number of carbonyl (C=O) groups is 2. The first kappa shape index (κ1) is 18.7. The molecular weight excluding hydrogens is 311 g/mol. The molecular formula is C16H18F3NO3. The summed E-state index contributed by atoms with van der Waals surface area (Å²) in [5.74, 6) is -1.23. The molecule has 126 valence electrons. The number of esters is 1. The third-order valence-electron chi connectivity index (χ3n) is 3.14. The highest BCUT2D eigenvalue weighted by molar-refractivity contribution is 6.00. The lowest BCUT2D eigenvalue weighted by Gasteiger charge is -2.20. The molecule has 0 aliphatic carbocycles. The number of carbonyl (C=O) groups excluding carboxylic acids is 2. The van der Waals surface area contributed by atoms with Gasteiger partial charge >= 0.3 is 12.1 Å². The molecule has 1 amide bonds. The average molecular weight is 329 g/mol. The fraction of sp³-hybridized carbons (Fsp3) is 0.375. The lowest BCUT2D eigenvalue weighted by Crippen LogP contribution is -2.28. The third kappa shape index (κ3) is 4.34. The largest absolute Gasteiger partial charge is 0.461 e. The molecule has 0 fully saturated rings. The van der Waals surface area contributed by atoms with Gasteiger partial charge in [0.1, 0.15) is 5.70 Å². The van der Waals surface area contributed by atoms with E-state index in [1.54, 1.807) is 19.1 Å². The summed E-state index contributed by atoms with van der Waals surface area (Å²) < 4.78 is 45.5. The first-order valence-electron chi connectivity index (χ1n) is 6.90. The van der Waals surface area contributed by atoms with E-state index in [9.17, 15) is 22.8 Å². The number of nitrogens with one attached hydrogen (secondary N) is 1. The van der Waals surface area contributed by atoms with Crippen LogP contribution in [-0.2, 0) is 14.3 Å². The summed E-state index contributed by atoms with van der Waals surface area (Å²) in [5, 5.41) is 1.85. The van der Waals surface area contributed by atoms with E-state index in [-0.39, 0.29) is 18.6 Å². The van der Waals surface area contributed by atoms with Crippen molar-refractivity contribution in [1.82, 2.24) is 5.32 Å². The normalized spacial score (nSPS) is 12.5. The maximum Gasteiger partial charge on any atom is 0.419 e. The highest BCUT2D eigenvalue weighted by Crippen LogP contribution is 2.39. The summed E-state index contributed by atoms with van der Waals surface area (Å²) in [6.07, 6.45) is -4.82. The number of benzene rings is 1. The fourth-order valence-corrected chi connectivity index (χ4v) is 2.48. The third-order valence-corrected chi connectivity index (χ3v) is 3.14. The first-order chi connectivity index (χ1) is 10.6. The van der Waals surface area contributed by atoms with E-state index in [4.69, 9.17) is 0 Å². The van der Waals surface area contributed by atoms with Gasteiger partial charge < -0.3 is 10.1 Å². The number of halogens is 3. The number of allylic oxidation sites excluding steroid dienone is 1. The van der Waals surface area contributed by atoms with E-state index in [1.807, 2.05) is 5.32 Å². The van der Waals surface area contributed by atoms with Gasteiger partial charge in [-0.3, -0.25) is 4.79 Å². The molecule has 0 saturated heterocycles. The zero-order chi connectivity index (χ0) is 17.8. The van der Waals surface area contributed by atoms with Gasteiger partial charge in [0.15, 0.2) is 0 Å². The molecule has 0 radical (unpaired) electrons. The van der Waals surface area contributed by atoms with Crippen molar-refractivity contribution in [2.45, 2.75) is 33.9 Å². The maximum absolute atomic E-state index is 13.6. The summed E-state index contributed by atoms with van der Waals surface area (Å²) in [6.45, 7) is 6.15. The molecule has 1 aromatic rings. The molecule has 0 atom stereocenters. The van der Waals surface area contributed by atoms with Gasteiger partial charge in [-0.25, -0.2) is 4.79 Å². The summed E-state index contributed by atoms with van der Waals surface area (Å²) in [5.41, 5.74) is -0.761. The van der Waals surface area contributed by atoms with Crippen LogP contribution < -0.4 is 5.32 Å². The SMILES string of the molecule is CCOC(=O)/C(NC=O)=C(\c1c(C)cc(C)cc1C)C(F)(F)F. The number of hydrogen-bond acceptors (Lipinski definition) is 3. The minimum absolute atomic E-state index is 0.0247. The van der Waals surface area contributed by atoms with E-state index in [2.05, 4.69) is 4.74 Å². The second-order valence-corrected chi connectivity index (χ2v) is 5.00. The Kier molecular flexibility index (Phi) is 5.95. The van der Waals surface area contributed by atoms with E-state index in [0.717, 1.165) is 5.56 Å². The van der Waals surface area contributed by atoms with Crippen LogP contribution >= 0.6 is 0 Å². The van der Waals surface area contributed by atoms with E-state index >= 15 is 0 Å². The smallest absolute Gasteiger partial charge is 0.419 e. The fourth-order valence-electron chi connectivity index (χ4n) is 2.48. The number of hydrogen-bond donors (Lipinski definition) is 1. The molecule has 1 rings (SSSR count). The highest BCUT2D eigenvalue weighted by atomic mass is 19.4. The minimum atomic E-state index is -4.84. The van der Waals surface area contributed by atoms with E-state index < -0.39 is 23.4 Å². The Morgan fingerprint density at radius 2 is 1.74 bits per heavy atom. The van der Waals surface area contributed by atoms with Gasteiger partial charge in [0, 0.05) is 0 Å². The molecule has 4 nitrogen and oxygen atoms in total. The van der Waals surface area contributed by atoms with E-state index in [1.165, 1.54) is 20.8 Å². The van der Waals surface area contributed by atoms with Crippen LogP contribution in [0.1, 0.15) is 29.2 Å². The molecule has 0 spiro atoms. The molecule has 0 aliphatic heterocycles. The van der Waals surface area contributed by atoms with Crippen LogP contribution in [0.4, 0.5) is 13.2 Å². The van der Waals surface area contributed by atoms with Crippen LogP contribution in [0.5, 0.6) is 0 Å². The molecule has 23 heavy (non-hydrogen) atoms. The van der Waals surface area contributed by atoms with Gasteiger partial charge in [0.2, 0.25) is 6.41 Å². The quantitative estimate of drug-likeness (QED) is 0.513. The van der Waals surface area contributed by atoms with Crippen molar-refractivity contribution in [3.8, 4) is 0 Å². The van der Waals surface area contributed by atoms with Gasteiger partial charge in [-0.2, -0.15) is 13.2 Å². The van der Waals surface area contributed by atoms with Gasteiger partial charge in [-0.1, -0.05) is 17.7 Å². The number of amides is 1. The van der Waals surface area contributed by atoms with Crippen molar-refractivity contribution < 1.29 is 27.5 Å². The standard InChI is InChI=1S/C16H18F3NO3/c1-5-23-15(22)14(20-8-21)13(16(17,18)19)12-10(3)6-9(2)7-11(12)4/h6-8H,5H2,1-4H3,(H,20,21)/b14-13-. The summed E-state index contributed by atoms with van der Waals surface area (Å²) in [7, 11) is 0. The van der Waals surface area contributed by atoms with Gasteiger partial charge in [-0.05, 0) is 44.4 Å².